The first-order chi connectivity index (χ1) is 7.41. The maximum Gasteiger partial charge on any atom is 0.186 e. The first-order valence-electron chi connectivity index (χ1n) is 6.75. The molecule has 0 aromatic carbocycles. The van der Waals surface area contributed by atoms with Gasteiger partial charge in [0.1, 0.15) is 0 Å². The lowest BCUT2D eigenvalue weighted by Crippen LogP contribution is -2.39. The molecule has 1 aliphatic heterocycles. The highest BCUT2D eigenvalue weighted by Gasteiger charge is 2.24. The summed E-state index contributed by atoms with van der Waals surface area (Å²) >= 11 is 0. The average Bonchev–Trinajstić information content (AvgIpc) is 1.96. The van der Waals surface area contributed by atoms with Gasteiger partial charge in [-0.15, -0.1) is 0 Å². The fourth-order valence-electron chi connectivity index (χ4n) is 1.99. The summed E-state index contributed by atoms with van der Waals surface area (Å²) in [5.74, 6) is 0. The molecule has 1 fully saturated rings. The summed E-state index contributed by atoms with van der Waals surface area (Å²) in [6, 6.07) is 1.37. The van der Waals surface area contributed by atoms with Gasteiger partial charge < -0.3 is 8.54 Å². The van der Waals surface area contributed by atoms with Crippen LogP contribution in [0.25, 0.3) is 0 Å². The van der Waals surface area contributed by atoms with Crippen molar-refractivity contribution in [3.63, 3.8) is 0 Å². The van der Waals surface area contributed by atoms with Crippen molar-refractivity contribution in [2.45, 2.75) is 71.3 Å². The van der Waals surface area contributed by atoms with Crippen molar-refractivity contribution >= 4 is 25.0 Å². The first-order valence-corrected chi connectivity index (χ1v) is 16.7. The molecule has 1 aliphatic rings. The first kappa shape index (κ1) is 17.6. The average molecular weight is 293 g/mol. The Bertz CT molecular complexity index is 197. The van der Waals surface area contributed by atoms with Crippen LogP contribution in [0.2, 0.25) is 58.4 Å². The van der Waals surface area contributed by atoms with Gasteiger partial charge in [0.2, 0.25) is 0 Å². The van der Waals surface area contributed by atoms with Crippen LogP contribution in [0, 0.1) is 0 Å². The third-order valence-electron chi connectivity index (χ3n) is 2.28. The number of rotatable bonds is 2. The highest BCUT2D eigenvalue weighted by Crippen LogP contribution is 2.20. The van der Waals surface area contributed by atoms with Gasteiger partial charge in [-0.1, -0.05) is 6.42 Å². The van der Waals surface area contributed by atoms with E-state index in [2.05, 4.69) is 52.4 Å². The van der Waals surface area contributed by atoms with Gasteiger partial charge >= 0.3 is 0 Å². The van der Waals surface area contributed by atoms with Crippen LogP contribution in [0.4, 0.5) is 0 Å². The van der Waals surface area contributed by atoms with Gasteiger partial charge in [-0.25, -0.2) is 0 Å². The summed E-state index contributed by atoms with van der Waals surface area (Å²) in [7, 11) is -3.55. The van der Waals surface area contributed by atoms with E-state index in [0.717, 1.165) is 6.61 Å². The predicted octanol–water partition coefficient (Wildman–Crippen LogP) is 4.67. The zero-order valence-electron chi connectivity index (χ0n) is 13.1. The summed E-state index contributed by atoms with van der Waals surface area (Å²) in [6.45, 7) is 19.1. The lowest BCUT2D eigenvalue weighted by Gasteiger charge is -2.27. The molecule has 0 atom stereocenters. The molecule has 17 heavy (non-hydrogen) atoms. The van der Waals surface area contributed by atoms with Gasteiger partial charge in [0, 0.05) is 6.61 Å². The standard InChI is InChI=1S/C6H18OSi2.C6H14OSi/c1-8(2,3)7-9(4,5)6;1-8(2)6-4-3-5-7-8/h1-6H3;3-6H2,1-2H3. The van der Waals surface area contributed by atoms with E-state index in [9.17, 15) is 0 Å². The van der Waals surface area contributed by atoms with E-state index in [-0.39, 0.29) is 0 Å². The zero-order chi connectivity index (χ0) is 13.7. The molecule has 0 spiro atoms. The van der Waals surface area contributed by atoms with Gasteiger partial charge in [0.05, 0.1) is 0 Å². The normalized spacial score (nSPS) is 20.5. The van der Waals surface area contributed by atoms with Crippen LogP contribution in [0.3, 0.4) is 0 Å². The topological polar surface area (TPSA) is 18.5 Å². The number of hydrogen-bond acceptors (Lipinski definition) is 2. The lowest BCUT2D eigenvalue weighted by atomic mass is 10.4. The molecule has 1 heterocycles. The minimum absolute atomic E-state index is 1.03. The minimum atomic E-state index is -1.23. The van der Waals surface area contributed by atoms with Gasteiger partial charge in [-0.05, 0) is 64.8 Å². The van der Waals surface area contributed by atoms with E-state index in [0.29, 0.717) is 0 Å². The smallest absolute Gasteiger partial charge is 0.186 e. The van der Waals surface area contributed by atoms with Crippen LogP contribution < -0.4 is 0 Å². The Hall–Kier alpha value is 0.571. The van der Waals surface area contributed by atoms with Crippen molar-refractivity contribution < 1.29 is 8.54 Å². The van der Waals surface area contributed by atoms with Gasteiger partial charge in [-0.2, -0.15) is 0 Å². The molecule has 0 radical (unpaired) electrons. The van der Waals surface area contributed by atoms with Crippen LogP contribution in [0.15, 0.2) is 0 Å². The lowest BCUT2D eigenvalue weighted by molar-refractivity contribution is 0.275. The Balaban J connectivity index is 0.000000302. The maximum atomic E-state index is 5.90. The third-order valence-corrected chi connectivity index (χ3v) is 9.72. The highest BCUT2D eigenvalue weighted by atomic mass is 28.4. The molecule has 0 saturated carbocycles. The third kappa shape index (κ3) is 12.8. The minimum Gasteiger partial charge on any atom is -0.456 e. The second-order valence-electron chi connectivity index (χ2n) is 7.39. The van der Waals surface area contributed by atoms with Crippen LogP contribution in [0.5, 0.6) is 0 Å². The highest BCUT2D eigenvalue weighted by molar-refractivity contribution is 6.83. The molecular formula is C12H32O2Si3. The summed E-state index contributed by atoms with van der Waals surface area (Å²) in [6.07, 6.45) is 2.69. The Morgan fingerprint density at radius 1 is 0.882 bits per heavy atom. The Kier molecular flexibility index (Phi) is 6.88. The molecular weight excluding hydrogens is 260 g/mol. The largest absolute Gasteiger partial charge is 0.456 e. The molecule has 0 aromatic rings. The molecule has 1 rings (SSSR count). The summed E-state index contributed by atoms with van der Waals surface area (Å²) in [4.78, 5) is 0. The maximum absolute atomic E-state index is 5.90. The molecule has 0 bridgehead atoms. The monoisotopic (exact) mass is 292 g/mol. The summed E-state index contributed by atoms with van der Waals surface area (Å²) in [5, 5.41) is 0. The van der Waals surface area contributed by atoms with Crippen LogP contribution in [-0.4, -0.2) is 31.6 Å². The van der Waals surface area contributed by atoms with Crippen molar-refractivity contribution in [2.24, 2.45) is 0 Å². The molecule has 0 unspecified atom stereocenters. The molecule has 0 amide bonds. The zero-order valence-corrected chi connectivity index (χ0v) is 16.1. The van der Waals surface area contributed by atoms with E-state index >= 15 is 0 Å². The fourth-order valence-corrected chi connectivity index (χ4v) is 11.3. The van der Waals surface area contributed by atoms with Crippen molar-refractivity contribution in [2.75, 3.05) is 6.61 Å². The van der Waals surface area contributed by atoms with Crippen LogP contribution >= 0.6 is 0 Å². The van der Waals surface area contributed by atoms with Crippen molar-refractivity contribution in [3.05, 3.63) is 0 Å². The predicted molar refractivity (Wildman–Crippen MR) is 85.3 cm³/mol. The van der Waals surface area contributed by atoms with Gasteiger partial charge in [0.15, 0.2) is 25.0 Å². The van der Waals surface area contributed by atoms with E-state index in [4.69, 9.17) is 8.54 Å². The number of hydrogen-bond donors (Lipinski definition) is 0. The molecule has 104 valence electrons. The van der Waals surface area contributed by atoms with E-state index < -0.39 is 25.0 Å². The Morgan fingerprint density at radius 3 is 1.47 bits per heavy atom. The Labute approximate surface area is 111 Å². The van der Waals surface area contributed by atoms with Gasteiger partial charge in [0.25, 0.3) is 0 Å². The fraction of sp³-hybridized carbons (Fsp3) is 1.00. The van der Waals surface area contributed by atoms with Crippen LogP contribution in [-0.2, 0) is 8.54 Å². The van der Waals surface area contributed by atoms with E-state index in [1.54, 1.807) is 0 Å². The Morgan fingerprint density at radius 2 is 1.35 bits per heavy atom. The molecule has 0 aliphatic carbocycles. The van der Waals surface area contributed by atoms with Crippen molar-refractivity contribution in [1.29, 1.82) is 0 Å². The molecule has 5 heteroatoms. The second-order valence-corrected chi connectivity index (χ2v) is 21.0. The quantitative estimate of drug-likeness (QED) is 0.688. The second kappa shape index (κ2) is 6.65. The molecule has 0 aromatic heterocycles. The molecule has 1 saturated heterocycles. The van der Waals surface area contributed by atoms with Crippen molar-refractivity contribution in [3.8, 4) is 0 Å². The van der Waals surface area contributed by atoms with E-state index in [1.807, 2.05) is 0 Å². The SMILES string of the molecule is C[Si](C)(C)O[Si](C)(C)C.C[Si]1(C)CCCCO1. The molecule has 2 nitrogen and oxygen atoms in total. The summed E-state index contributed by atoms with van der Waals surface area (Å²) < 4.78 is 11.5. The molecule has 0 N–H and O–H groups in total. The van der Waals surface area contributed by atoms with Crippen molar-refractivity contribution in [1.82, 2.24) is 0 Å². The van der Waals surface area contributed by atoms with Gasteiger partial charge in [-0.3, -0.25) is 0 Å². The van der Waals surface area contributed by atoms with E-state index in [1.165, 1.54) is 18.9 Å². The van der Waals surface area contributed by atoms with Crippen LogP contribution in [0.1, 0.15) is 12.8 Å². The summed E-state index contributed by atoms with van der Waals surface area (Å²) in [5.41, 5.74) is 0.